The van der Waals surface area contributed by atoms with Gasteiger partial charge in [0.05, 0.1) is 25.1 Å². The van der Waals surface area contributed by atoms with Gasteiger partial charge >= 0.3 is 0 Å². The van der Waals surface area contributed by atoms with Gasteiger partial charge < -0.3 is 9.64 Å². The van der Waals surface area contributed by atoms with Crippen molar-refractivity contribution in [2.75, 3.05) is 36.8 Å². The second-order valence-corrected chi connectivity index (χ2v) is 8.02. The molecule has 3 rings (SSSR count). The number of sulfonamides is 1. The first-order valence-corrected chi connectivity index (χ1v) is 9.95. The summed E-state index contributed by atoms with van der Waals surface area (Å²) in [6.07, 6.45) is 0.460. The highest BCUT2D eigenvalue weighted by Gasteiger charge is 2.31. The van der Waals surface area contributed by atoms with Crippen LogP contribution in [0.2, 0.25) is 0 Å². The third kappa shape index (κ3) is 4.39. The predicted octanol–water partition coefficient (Wildman–Crippen LogP) is -0.285. The van der Waals surface area contributed by atoms with Crippen molar-refractivity contribution in [1.82, 2.24) is 25.1 Å². The van der Waals surface area contributed by atoms with Crippen LogP contribution >= 0.6 is 0 Å². The standard InChI is InChI=1S/C15H19FN6O4S/c1-20-15(17-18-19-20)13-9-21(6-7-26-13)14(23)10-22(27(2,24)25)12-5-3-4-11(16)8-12/h3-5,8,13H,6-7,9-10H2,1-2H3. The summed E-state index contributed by atoms with van der Waals surface area (Å²) in [7, 11) is -2.12. The lowest BCUT2D eigenvalue weighted by molar-refractivity contribution is -0.137. The second-order valence-electron chi connectivity index (χ2n) is 6.11. The summed E-state index contributed by atoms with van der Waals surface area (Å²) < 4.78 is 45.7. The van der Waals surface area contributed by atoms with Gasteiger partial charge in [-0.15, -0.1) is 5.10 Å². The average Bonchev–Trinajstić information content (AvgIpc) is 3.04. The number of aromatic nitrogens is 4. The summed E-state index contributed by atoms with van der Waals surface area (Å²) in [5.41, 5.74) is 0.0909. The maximum absolute atomic E-state index is 13.5. The summed E-state index contributed by atoms with van der Waals surface area (Å²) in [5.74, 6) is -0.541. The van der Waals surface area contributed by atoms with E-state index in [0.29, 0.717) is 12.4 Å². The fraction of sp³-hybridized carbons (Fsp3) is 0.467. The van der Waals surface area contributed by atoms with Crippen LogP contribution in [0.15, 0.2) is 24.3 Å². The molecule has 1 aliphatic rings. The highest BCUT2D eigenvalue weighted by Crippen LogP contribution is 2.22. The molecule has 2 heterocycles. The fourth-order valence-corrected chi connectivity index (χ4v) is 3.64. The molecule has 0 bridgehead atoms. The van der Waals surface area contributed by atoms with Gasteiger partial charge in [0.25, 0.3) is 0 Å². The number of amides is 1. The Morgan fingerprint density at radius 2 is 2.22 bits per heavy atom. The molecule has 0 saturated carbocycles. The number of hydrogen-bond donors (Lipinski definition) is 0. The Morgan fingerprint density at radius 3 is 2.85 bits per heavy atom. The molecule has 1 atom stereocenters. The largest absolute Gasteiger partial charge is 0.366 e. The van der Waals surface area contributed by atoms with Gasteiger partial charge in [0.15, 0.2) is 5.82 Å². The minimum absolute atomic E-state index is 0.0909. The summed E-state index contributed by atoms with van der Waals surface area (Å²) in [4.78, 5) is 14.2. The van der Waals surface area contributed by atoms with Gasteiger partial charge in [0, 0.05) is 13.6 Å². The van der Waals surface area contributed by atoms with E-state index in [1.54, 1.807) is 7.05 Å². The van der Waals surface area contributed by atoms with Crippen molar-refractivity contribution < 1.29 is 22.3 Å². The Kier molecular flexibility index (Phi) is 5.37. The zero-order valence-electron chi connectivity index (χ0n) is 14.8. The molecule has 2 aromatic rings. The number of hydrogen-bond acceptors (Lipinski definition) is 7. The molecule has 27 heavy (non-hydrogen) atoms. The minimum atomic E-state index is -3.78. The Labute approximate surface area is 155 Å². The Hall–Kier alpha value is -2.60. The van der Waals surface area contributed by atoms with Gasteiger partial charge in [0.1, 0.15) is 18.5 Å². The van der Waals surface area contributed by atoms with Gasteiger partial charge in [-0.1, -0.05) is 6.07 Å². The molecule has 1 aromatic carbocycles. The van der Waals surface area contributed by atoms with E-state index >= 15 is 0 Å². The van der Waals surface area contributed by atoms with Crippen LogP contribution in [-0.2, 0) is 26.6 Å². The van der Waals surface area contributed by atoms with E-state index in [2.05, 4.69) is 15.5 Å². The molecule has 0 spiro atoms. The zero-order valence-corrected chi connectivity index (χ0v) is 15.6. The monoisotopic (exact) mass is 398 g/mol. The van der Waals surface area contributed by atoms with E-state index in [-0.39, 0.29) is 18.8 Å². The average molecular weight is 398 g/mol. The van der Waals surface area contributed by atoms with Crippen LogP contribution in [0.1, 0.15) is 11.9 Å². The molecule has 1 unspecified atom stereocenters. The summed E-state index contributed by atoms with van der Waals surface area (Å²) >= 11 is 0. The van der Waals surface area contributed by atoms with E-state index in [0.717, 1.165) is 16.6 Å². The Bertz CT molecular complexity index is 934. The van der Waals surface area contributed by atoms with E-state index in [1.165, 1.54) is 27.8 Å². The van der Waals surface area contributed by atoms with Crippen LogP contribution in [0.4, 0.5) is 10.1 Å². The molecular formula is C15H19FN6O4S. The molecule has 10 nitrogen and oxygen atoms in total. The highest BCUT2D eigenvalue weighted by atomic mass is 32.2. The van der Waals surface area contributed by atoms with Crippen LogP contribution in [0.3, 0.4) is 0 Å². The predicted molar refractivity (Wildman–Crippen MR) is 92.7 cm³/mol. The molecule has 0 aliphatic carbocycles. The zero-order chi connectivity index (χ0) is 19.6. The van der Waals surface area contributed by atoms with Gasteiger partial charge in [-0.05, 0) is 28.6 Å². The summed E-state index contributed by atoms with van der Waals surface area (Å²) in [6, 6.07) is 5.10. The molecule has 1 aliphatic heterocycles. The van der Waals surface area contributed by atoms with Crippen molar-refractivity contribution in [3.63, 3.8) is 0 Å². The molecule has 1 fully saturated rings. The van der Waals surface area contributed by atoms with Crippen molar-refractivity contribution in [3.8, 4) is 0 Å². The number of rotatable bonds is 5. The number of aryl methyl sites for hydroxylation is 1. The van der Waals surface area contributed by atoms with Crippen molar-refractivity contribution in [2.24, 2.45) is 7.05 Å². The van der Waals surface area contributed by atoms with Crippen molar-refractivity contribution in [3.05, 3.63) is 35.9 Å². The fourth-order valence-electron chi connectivity index (χ4n) is 2.80. The number of anilines is 1. The van der Waals surface area contributed by atoms with E-state index < -0.39 is 34.4 Å². The number of carbonyl (C=O) groups is 1. The second kappa shape index (κ2) is 7.56. The molecule has 1 saturated heterocycles. The number of carbonyl (C=O) groups excluding carboxylic acids is 1. The normalized spacial score (nSPS) is 17.7. The lowest BCUT2D eigenvalue weighted by atomic mass is 10.2. The molecule has 1 aromatic heterocycles. The van der Waals surface area contributed by atoms with Crippen LogP contribution in [0.5, 0.6) is 0 Å². The SMILES string of the molecule is Cn1nnnc1C1CN(C(=O)CN(c2cccc(F)c2)S(C)(=O)=O)CCO1. The van der Waals surface area contributed by atoms with Crippen molar-refractivity contribution >= 4 is 21.6 Å². The number of morpholine rings is 1. The first kappa shape index (κ1) is 19.2. The van der Waals surface area contributed by atoms with E-state index in [1.807, 2.05) is 0 Å². The maximum Gasteiger partial charge on any atom is 0.243 e. The van der Waals surface area contributed by atoms with Crippen LogP contribution in [0.25, 0.3) is 0 Å². The summed E-state index contributed by atoms with van der Waals surface area (Å²) in [5, 5.41) is 11.2. The van der Waals surface area contributed by atoms with Gasteiger partial charge in [-0.25, -0.2) is 17.5 Å². The van der Waals surface area contributed by atoms with Gasteiger partial charge in [-0.3, -0.25) is 9.10 Å². The smallest absolute Gasteiger partial charge is 0.243 e. The Morgan fingerprint density at radius 1 is 1.44 bits per heavy atom. The molecule has 146 valence electrons. The molecule has 0 radical (unpaired) electrons. The number of ether oxygens (including phenoxy) is 1. The van der Waals surface area contributed by atoms with E-state index in [4.69, 9.17) is 4.74 Å². The van der Waals surface area contributed by atoms with Crippen molar-refractivity contribution in [1.29, 1.82) is 0 Å². The maximum atomic E-state index is 13.5. The minimum Gasteiger partial charge on any atom is -0.366 e. The molecular weight excluding hydrogens is 379 g/mol. The summed E-state index contributed by atoms with van der Waals surface area (Å²) in [6.45, 7) is 0.323. The lowest BCUT2D eigenvalue weighted by Gasteiger charge is -2.33. The van der Waals surface area contributed by atoms with Gasteiger partial charge in [-0.2, -0.15) is 0 Å². The number of nitrogens with zero attached hydrogens (tertiary/aromatic N) is 6. The molecule has 12 heteroatoms. The van der Waals surface area contributed by atoms with Crippen molar-refractivity contribution in [2.45, 2.75) is 6.10 Å². The number of tetrazole rings is 1. The van der Waals surface area contributed by atoms with Crippen LogP contribution in [0, 0.1) is 5.82 Å². The van der Waals surface area contributed by atoms with Crippen LogP contribution in [-0.4, -0.2) is 71.9 Å². The highest BCUT2D eigenvalue weighted by molar-refractivity contribution is 7.92. The Balaban J connectivity index is 1.76. The molecule has 1 amide bonds. The third-order valence-electron chi connectivity index (χ3n) is 4.14. The first-order valence-electron chi connectivity index (χ1n) is 8.10. The first-order chi connectivity index (χ1) is 12.8. The number of halogens is 1. The third-order valence-corrected chi connectivity index (χ3v) is 5.28. The quantitative estimate of drug-likeness (QED) is 0.681. The topological polar surface area (TPSA) is 111 Å². The van der Waals surface area contributed by atoms with Crippen LogP contribution < -0.4 is 4.31 Å². The molecule has 0 N–H and O–H groups in total. The lowest BCUT2D eigenvalue weighted by Crippen LogP contribution is -2.48. The number of benzene rings is 1. The van der Waals surface area contributed by atoms with E-state index in [9.17, 15) is 17.6 Å². The van der Waals surface area contributed by atoms with Gasteiger partial charge in [0.2, 0.25) is 15.9 Å².